The van der Waals surface area contributed by atoms with Crippen molar-refractivity contribution in [3.05, 3.63) is 70.3 Å². The molecule has 2 aromatic rings. The van der Waals surface area contributed by atoms with Crippen LogP contribution in [0.1, 0.15) is 27.8 Å². The molecule has 0 saturated heterocycles. The normalized spacial score (nSPS) is 14.6. The van der Waals surface area contributed by atoms with Crippen LogP contribution < -0.4 is 5.73 Å². The molecule has 0 saturated carbocycles. The molecule has 3 rings (SSSR count). The third-order valence-electron chi connectivity index (χ3n) is 3.94. The second-order valence-corrected chi connectivity index (χ2v) is 5.38. The Kier molecular flexibility index (Phi) is 3.36. The van der Waals surface area contributed by atoms with E-state index < -0.39 is 0 Å². The minimum absolute atomic E-state index is 0.621. The Bertz CT molecular complexity index is 565. The van der Waals surface area contributed by atoms with Crippen LogP contribution in [-0.4, -0.2) is 4.90 Å². The lowest BCUT2D eigenvalue weighted by Gasteiger charge is -2.17. The van der Waals surface area contributed by atoms with Gasteiger partial charge in [0.25, 0.3) is 0 Å². The minimum Gasteiger partial charge on any atom is -0.326 e. The topological polar surface area (TPSA) is 29.3 Å². The molecule has 0 spiro atoms. The van der Waals surface area contributed by atoms with Crippen LogP contribution in [0, 0.1) is 6.92 Å². The highest BCUT2D eigenvalue weighted by Gasteiger charge is 2.18. The van der Waals surface area contributed by atoms with E-state index in [1.807, 2.05) is 0 Å². The van der Waals surface area contributed by atoms with E-state index in [4.69, 9.17) is 5.73 Å². The van der Waals surface area contributed by atoms with Crippen molar-refractivity contribution in [1.29, 1.82) is 0 Å². The summed E-state index contributed by atoms with van der Waals surface area (Å²) in [6.07, 6.45) is 0. The molecule has 0 atom stereocenters. The molecule has 2 nitrogen and oxygen atoms in total. The zero-order valence-corrected chi connectivity index (χ0v) is 11.4. The van der Waals surface area contributed by atoms with Gasteiger partial charge in [-0.15, -0.1) is 0 Å². The maximum absolute atomic E-state index is 5.68. The van der Waals surface area contributed by atoms with Gasteiger partial charge >= 0.3 is 0 Å². The average Bonchev–Trinajstić information content (AvgIpc) is 2.83. The van der Waals surface area contributed by atoms with Gasteiger partial charge in [0.2, 0.25) is 0 Å². The van der Waals surface area contributed by atoms with Gasteiger partial charge in [-0.3, -0.25) is 4.90 Å². The molecule has 1 aliphatic rings. The lowest BCUT2D eigenvalue weighted by Crippen LogP contribution is -2.16. The van der Waals surface area contributed by atoms with Crippen molar-refractivity contribution in [3.63, 3.8) is 0 Å². The Morgan fingerprint density at radius 2 is 1.74 bits per heavy atom. The summed E-state index contributed by atoms with van der Waals surface area (Å²) in [6, 6.07) is 15.3. The number of hydrogen-bond donors (Lipinski definition) is 1. The minimum atomic E-state index is 0.621. The second-order valence-electron chi connectivity index (χ2n) is 5.38. The predicted molar refractivity (Wildman–Crippen MR) is 78.5 cm³/mol. The first-order valence-corrected chi connectivity index (χ1v) is 6.84. The highest BCUT2D eigenvalue weighted by Crippen LogP contribution is 2.24. The second kappa shape index (κ2) is 5.16. The van der Waals surface area contributed by atoms with Gasteiger partial charge in [-0.1, -0.05) is 42.5 Å². The van der Waals surface area contributed by atoms with E-state index in [0.717, 1.165) is 19.6 Å². The molecule has 98 valence electrons. The lowest BCUT2D eigenvalue weighted by molar-refractivity contribution is 0.275. The zero-order valence-electron chi connectivity index (χ0n) is 11.4. The van der Waals surface area contributed by atoms with Crippen LogP contribution in [0.3, 0.4) is 0 Å². The number of rotatable bonds is 3. The van der Waals surface area contributed by atoms with E-state index in [2.05, 4.69) is 54.3 Å². The van der Waals surface area contributed by atoms with Crippen molar-refractivity contribution in [1.82, 2.24) is 4.90 Å². The van der Waals surface area contributed by atoms with Crippen molar-refractivity contribution >= 4 is 0 Å². The SMILES string of the molecule is Cc1cc(CN)ccc1CN1Cc2ccccc2C1. The van der Waals surface area contributed by atoms with Gasteiger partial charge in [-0.05, 0) is 34.7 Å². The number of aryl methyl sites for hydroxylation is 1. The quantitative estimate of drug-likeness (QED) is 0.910. The fourth-order valence-corrected chi connectivity index (χ4v) is 2.82. The summed E-state index contributed by atoms with van der Waals surface area (Å²) >= 11 is 0. The van der Waals surface area contributed by atoms with Crippen LogP contribution in [0.25, 0.3) is 0 Å². The predicted octanol–water partition coefficient (Wildman–Crippen LogP) is 2.97. The third kappa shape index (κ3) is 2.55. The van der Waals surface area contributed by atoms with Crippen LogP contribution in [0.2, 0.25) is 0 Å². The van der Waals surface area contributed by atoms with Crippen LogP contribution in [0.5, 0.6) is 0 Å². The van der Waals surface area contributed by atoms with E-state index in [1.54, 1.807) is 0 Å². The summed E-state index contributed by atoms with van der Waals surface area (Å²) in [6.45, 7) is 5.95. The molecule has 2 heteroatoms. The van der Waals surface area contributed by atoms with E-state index in [9.17, 15) is 0 Å². The van der Waals surface area contributed by atoms with Crippen molar-refractivity contribution in [2.24, 2.45) is 5.73 Å². The number of nitrogens with zero attached hydrogens (tertiary/aromatic N) is 1. The van der Waals surface area contributed by atoms with E-state index in [0.29, 0.717) is 6.54 Å². The van der Waals surface area contributed by atoms with Crippen molar-refractivity contribution in [2.45, 2.75) is 33.1 Å². The first-order chi connectivity index (χ1) is 9.26. The van der Waals surface area contributed by atoms with E-state index >= 15 is 0 Å². The fraction of sp³-hybridized carbons (Fsp3) is 0.294. The molecule has 0 amide bonds. The molecule has 19 heavy (non-hydrogen) atoms. The molecule has 1 heterocycles. The Morgan fingerprint density at radius 3 is 2.32 bits per heavy atom. The molecule has 0 fully saturated rings. The van der Waals surface area contributed by atoms with Crippen molar-refractivity contribution in [2.75, 3.05) is 0 Å². The average molecular weight is 252 g/mol. The maximum atomic E-state index is 5.68. The lowest BCUT2D eigenvalue weighted by atomic mass is 10.0. The number of hydrogen-bond acceptors (Lipinski definition) is 2. The highest BCUT2D eigenvalue weighted by atomic mass is 15.1. The first-order valence-electron chi connectivity index (χ1n) is 6.84. The van der Waals surface area contributed by atoms with Gasteiger partial charge < -0.3 is 5.73 Å². The molecule has 2 N–H and O–H groups in total. The van der Waals surface area contributed by atoms with Gasteiger partial charge in [0.05, 0.1) is 0 Å². The molecular formula is C17H20N2. The molecule has 0 aliphatic carbocycles. The Labute approximate surface area is 114 Å². The fourth-order valence-electron chi connectivity index (χ4n) is 2.82. The van der Waals surface area contributed by atoms with Crippen LogP contribution in [0.15, 0.2) is 42.5 Å². The molecule has 1 aliphatic heterocycles. The maximum Gasteiger partial charge on any atom is 0.0244 e. The highest BCUT2D eigenvalue weighted by molar-refractivity contribution is 5.33. The molecule has 0 bridgehead atoms. The van der Waals surface area contributed by atoms with Crippen molar-refractivity contribution in [3.8, 4) is 0 Å². The van der Waals surface area contributed by atoms with E-state index in [1.165, 1.54) is 27.8 Å². The summed E-state index contributed by atoms with van der Waals surface area (Å²) in [5.41, 5.74) is 12.6. The summed E-state index contributed by atoms with van der Waals surface area (Å²) in [5.74, 6) is 0. The largest absolute Gasteiger partial charge is 0.326 e. The summed E-state index contributed by atoms with van der Waals surface area (Å²) in [4.78, 5) is 2.50. The smallest absolute Gasteiger partial charge is 0.0244 e. The van der Waals surface area contributed by atoms with Gasteiger partial charge in [-0.25, -0.2) is 0 Å². The number of nitrogens with two attached hydrogens (primary N) is 1. The van der Waals surface area contributed by atoms with Gasteiger partial charge in [0.1, 0.15) is 0 Å². The van der Waals surface area contributed by atoms with Gasteiger partial charge in [0.15, 0.2) is 0 Å². The Hall–Kier alpha value is -1.64. The molecular weight excluding hydrogens is 232 g/mol. The molecule has 2 aromatic carbocycles. The molecule has 0 radical (unpaired) electrons. The Balaban J connectivity index is 1.74. The first kappa shape index (κ1) is 12.4. The van der Waals surface area contributed by atoms with Gasteiger partial charge in [0, 0.05) is 26.2 Å². The third-order valence-corrected chi connectivity index (χ3v) is 3.94. The summed E-state index contributed by atoms with van der Waals surface area (Å²) in [5, 5.41) is 0. The zero-order chi connectivity index (χ0) is 13.2. The van der Waals surface area contributed by atoms with E-state index in [-0.39, 0.29) is 0 Å². The standard InChI is InChI=1S/C17H20N2/c1-13-8-14(9-18)6-7-15(13)10-19-11-16-4-2-3-5-17(16)12-19/h2-8H,9-12,18H2,1H3. The summed E-state index contributed by atoms with van der Waals surface area (Å²) in [7, 11) is 0. The summed E-state index contributed by atoms with van der Waals surface area (Å²) < 4.78 is 0. The van der Waals surface area contributed by atoms with Crippen LogP contribution >= 0.6 is 0 Å². The van der Waals surface area contributed by atoms with Gasteiger partial charge in [-0.2, -0.15) is 0 Å². The van der Waals surface area contributed by atoms with Crippen LogP contribution in [-0.2, 0) is 26.2 Å². The number of benzene rings is 2. The Morgan fingerprint density at radius 1 is 1.05 bits per heavy atom. The molecule has 0 aromatic heterocycles. The monoisotopic (exact) mass is 252 g/mol. The molecule has 0 unspecified atom stereocenters. The number of fused-ring (bicyclic) bond motifs is 1. The van der Waals surface area contributed by atoms with Crippen molar-refractivity contribution < 1.29 is 0 Å². The van der Waals surface area contributed by atoms with Crippen LogP contribution in [0.4, 0.5) is 0 Å².